The summed E-state index contributed by atoms with van der Waals surface area (Å²) in [5.74, 6) is 1.49. The Bertz CT molecular complexity index is 1230. The molecule has 178 valence electrons. The summed E-state index contributed by atoms with van der Waals surface area (Å²) in [7, 11) is 1.60. The first-order chi connectivity index (χ1) is 16.4. The van der Waals surface area contributed by atoms with Crippen molar-refractivity contribution in [2.45, 2.75) is 46.6 Å². The molecule has 0 spiro atoms. The Morgan fingerprint density at radius 2 is 2.00 bits per heavy atom. The van der Waals surface area contributed by atoms with Crippen molar-refractivity contribution in [3.05, 3.63) is 64.4 Å². The van der Waals surface area contributed by atoms with Gasteiger partial charge >= 0.3 is 0 Å². The highest BCUT2D eigenvalue weighted by molar-refractivity contribution is 6.06. The average molecular weight is 463 g/mol. The minimum atomic E-state index is -0.546. The van der Waals surface area contributed by atoms with Crippen LogP contribution in [0, 0.1) is 13.8 Å². The van der Waals surface area contributed by atoms with Gasteiger partial charge in [-0.2, -0.15) is 4.68 Å². The number of carbonyl (C=O) groups excluding carboxylic acids is 1. The SMILES string of the molecule is CCCCOc1ccc(C2C(C(=O)Nc3cccc(C)c3C)=C(C)Nc3nnnn32)cc1OC. The molecule has 2 aromatic carbocycles. The lowest BCUT2D eigenvalue weighted by Crippen LogP contribution is -2.31. The number of methoxy groups -OCH3 is 1. The zero-order valence-electron chi connectivity index (χ0n) is 20.2. The van der Waals surface area contributed by atoms with E-state index in [2.05, 4.69) is 33.1 Å². The van der Waals surface area contributed by atoms with Crippen LogP contribution in [0.3, 0.4) is 0 Å². The van der Waals surface area contributed by atoms with Gasteiger partial charge in [0.2, 0.25) is 5.95 Å². The van der Waals surface area contributed by atoms with Crippen molar-refractivity contribution in [2.24, 2.45) is 0 Å². The zero-order valence-corrected chi connectivity index (χ0v) is 20.2. The van der Waals surface area contributed by atoms with Gasteiger partial charge in [-0.3, -0.25) is 4.79 Å². The monoisotopic (exact) mass is 462 g/mol. The van der Waals surface area contributed by atoms with Crippen LogP contribution >= 0.6 is 0 Å². The van der Waals surface area contributed by atoms with E-state index in [9.17, 15) is 4.79 Å². The Labute approximate surface area is 199 Å². The van der Waals surface area contributed by atoms with Crippen LogP contribution in [0.1, 0.15) is 49.4 Å². The molecule has 9 heteroatoms. The summed E-state index contributed by atoms with van der Waals surface area (Å²) in [6, 6.07) is 11.0. The number of rotatable bonds is 8. The highest BCUT2D eigenvalue weighted by Gasteiger charge is 2.34. The van der Waals surface area contributed by atoms with Gasteiger partial charge in [0.15, 0.2) is 11.5 Å². The molecule has 0 radical (unpaired) electrons. The number of amides is 1. The summed E-state index contributed by atoms with van der Waals surface area (Å²) in [5, 5.41) is 18.3. The Morgan fingerprint density at radius 3 is 2.76 bits per heavy atom. The molecular formula is C25H30N6O3. The quantitative estimate of drug-likeness (QED) is 0.478. The van der Waals surface area contributed by atoms with Crippen LogP contribution in [-0.2, 0) is 4.79 Å². The number of ether oxygens (including phenoxy) is 2. The van der Waals surface area contributed by atoms with E-state index < -0.39 is 6.04 Å². The first-order valence-electron chi connectivity index (χ1n) is 11.4. The number of hydrogen-bond donors (Lipinski definition) is 2. The second-order valence-corrected chi connectivity index (χ2v) is 8.33. The third-order valence-corrected chi connectivity index (χ3v) is 6.07. The topological polar surface area (TPSA) is 103 Å². The second-order valence-electron chi connectivity index (χ2n) is 8.33. The molecule has 0 fully saturated rings. The van der Waals surface area contributed by atoms with Gasteiger partial charge < -0.3 is 20.1 Å². The first kappa shape index (κ1) is 23.3. The number of hydrogen-bond acceptors (Lipinski definition) is 7. The molecule has 4 rings (SSSR count). The molecule has 1 aliphatic rings. The molecule has 1 aliphatic heterocycles. The standard InChI is InChI=1S/C25H30N6O3/c1-6-7-13-34-20-12-11-18(14-21(20)33-5)23-22(17(4)26-25-28-29-30-31(23)25)24(32)27-19-10-8-9-15(2)16(19)3/h8-12,14,23H,6-7,13H2,1-5H3,(H,27,32)(H,26,28,30). The predicted octanol–water partition coefficient (Wildman–Crippen LogP) is 4.41. The van der Waals surface area contributed by atoms with Crippen LogP contribution in [-0.4, -0.2) is 39.8 Å². The van der Waals surface area contributed by atoms with Crippen molar-refractivity contribution in [3.8, 4) is 11.5 Å². The summed E-state index contributed by atoms with van der Waals surface area (Å²) in [5.41, 5.74) is 4.89. The molecule has 1 unspecified atom stereocenters. The molecule has 0 saturated heterocycles. The minimum Gasteiger partial charge on any atom is -0.493 e. The predicted molar refractivity (Wildman–Crippen MR) is 130 cm³/mol. The van der Waals surface area contributed by atoms with E-state index in [4.69, 9.17) is 9.47 Å². The fourth-order valence-corrected chi connectivity index (χ4v) is 3.99. The van der Waals surface area contributed by atoms with Crippen molar-refractivity contribution >= 4 is 17.5 Å². The Hall–Kier alpha value is -3.88. The number of allylic oxidation sites excluding steroid dienone is 1. The van der Waals surface area contributed by atoms with E-state index >= 15 is 0 Å². The van der Waals surface area contributed by atoms with Crippen LogP contribution in [0.4, 0.5) is 11.6 Å². The minimum absolute atomic E-state index is 0.230. The van der Waals surface area contributed by atoms with Crippen LogP contribution in [0.15, 0.2) is 47.7 Å². The first-order valence-corrected chi connectivity index (χ1v) is 11.4. The highest BCUT2D eigenvalue weighted by atomic mass is 16.5. The maximum atomic E-state index is 13.6. The molecule has 34 heavy (non-hydrogen) atoms. The maximum Gasteiger partial charge on any atom is 0.255 e. The van der Waals surface area contributed by atoms with E-state index in [0.717, 1.165) is 35.2 Å². The molecule has 1 aromatic heterocycles. The number of carbonyl (C=O) groups is 1. The normalized spacial score (nSPS) is 14.9. The van der Waals surface area contributed by atoms with Crippen molar-refractivity contribution < 1.29 is 14.3 Å². The number of tetrazole rings is 1. The highest BCUT2D eigenvalue weighted by Crippen LogP contribution is 2.38. The summed E-state index contributed by atoms with van der Waals surface area (Å²) in [4.78, 5) is 13.6. The van der Waals surface area contributed by atoms with E-state index in [1.54, 1.807) is 11.8 Å². The lowest BCUT2D eigenvalue weighted by atomic mass is 9.94. The lowest BCUT2D eigenvalue weighted by molar-refractivity contribution is -0.113. The van der Waals surface area contributed by atoms with Crippen molar-refractivity contribution in [3.63, 3.8) is 0 Å². The fraction of sp³-hybridized carbons (Fsp3) is 0.360. The largest absolute Gasteiger partial charge is 0.493 e. The second kappa shape index (κ2) is 9.94. The number of aromatic nitrogens is 4. The number of aryl methyl sites for hydroxylation is 1. The Morgan fingerprint density at radius 1 is 1.18 bits per heavy atom. The van der Waals surface area contributed by atoms with Gasteiger partial charge in [0, 0.05) is 11.4 Å². The number of anilines is 2. The Kier molecular flexibility index (Phi) is 6.81. The zero-order chi connectivity index (χ0) is 24.2. The van der Waals surface area contributed by atoms with E-state index in [1.807, 2.05) is 57.2 Å². The van der Waals surface area contributed by atoms with E-state index in [1.165, 1.54) is 0 Å². The molecule has 2 N–H and O–H groups in total. The molecule has 9 nitrogen and oxygen atoms in total. The molecule has 0 bridgehead atoms. The average Bonchev–Trinajstić information content (AvgIpc) is 3.29. The number of fused-ring (bicyclic) bond motifs is 1. The summed E-state index contributed by atoms with van der Waals surface area (Å²) >= 11 is 0. The van der Waals surface area contributed by atoms with E-state index in [0.29, 0.717) is 35.3 Å². The number of unbranched alkanes of at least 4 members (excludes halogenated alkanes) is 1. The van der Waals surface area contributed by atoms with Crippen LogP contribution in [0.5, 0.6) is 11.5 Å². The smallest absolute Gasteiger partial charge is 0.255 e. The van der Waals surface area contributed by atoms with Crippen LogP contribution < -0.4 is 20.1 Å². The van der Waals surface area contributed by atoms with Gasteiger partial charge in [0.05, 0.1) is 19.3 Å². The van der Waals surface area contributed by atoms with Crippen LogP contribution in [0.25, 0.3) is 0 Å². The van der Waals surface area contributed by atoms with Crippen molar-refractivity contribution in [1.29, 1.82) is 0 Å². The van der Waals surface area contributed by atoms with Gasteiger partial charge in [0.25, 0.3) is 5.91 Å². The maximum absolute atomic E-state index is 13.6. The molecule has 3 aromatic rings. The molecule has 2 heterocycles. The summed E-state index contributed by atoms with van der Waals surface area (Å²) in [6.45, 7) is 8.58. The molecule has 1 amide bonds. The van der Waals surface area contributed by atoms with Crippen LogP contribution in [0.2, 0.25) is 0 Å². The molecular weight excluding hydrogens is 432 g/mol. The molecule has 1 atom stereocenters. The number of nitrogens with zero attached hydrogens (tertiary/aromatic N) is 4. The van der Waals surface area contributed by atoms with Gasteiger partial charge in [-0.1, -0.05) is 36.6 Å². The number of benzene rings is 2. The van der Waals surface area contributed by atoms with Crippen molar-refractivity contribution in [2.75, 3.05) is 24.4 Å². The van der Waals surface area contributed by atoms with Crippen molar-refractivity contribution in [1.82, 2.24) is 20.2 Å². The Balaban J connectivity index is 1.73. The van der Waals surface area contributed by atoms with Gasteiger partial charge in [-0.05, 0) is 72.5 Å². The summed E-state index contributed by atoms with van der Waals surface area (Å²) in [6.07, 6.45) is 2.00. The molecule has 0 aliphatic carbocycles. The molecule has 0 saturated carbocycles. The summed E-state index contributed by atoms with van der Waals surface area (Å²) < 4.78 is 13.1. The lowest BCUT2D eigenvalue weighted by Gasteiger charge is -2.28. The van der Waals surface area contributed by atoms with Gasteiger partial charge in [0.1, 0.15) is 6.04 Å². The fourth-order valence-electron chi connectivity index (χ4n) is 3.99. The van der Waals surface area contributed by atoms with Gasteiger partial charge in [-0.25, -0.2) is 0 Å². The third-order valence-electron chi connectivity index (χ3n) is 6.07. The van der Waals surface area contributed by atoms with E-state index in [-0.39, 0.29) is 5.91 Å². The van der Waals surface area contributed by atoms with Gasteiger partial charge in [-0.15, -0.1) is 0 Å². The number of nitrogens with one attached hydrogen (secondary N) is 2. The third kappa shape index (κ3) is 4.46.